The average Bonchev–Trinajstić information content (AvgIpc) is 2.40. The normalized spacial score (nSPS) is 12.9. The Hall–Kier alpha value is -3.71. The Morgan fingerprint density at radius 3 is 1.91 bits per heavy atom. The second-order valence-corrected chi connectivity index (χ2v) is 4.06. The van der Waals surface area contributed by atoms with Gasteiger partial charge in [0, 0.05) is 10.5 Å². The molecule has 0 aliphatic heterocycles. The predicted molar refractivity (Wildman–Crippen MR) is 66.8 cm³/mol. The SMILES string of the molecule is O=C(O)[C@H](C(c1ccc(O)c(O)c1)[N+](=O)[O-])N([N+](=O)[O-])[N+](=O)[O-]. The third kappa shape index (κ3) is 3.49. The number of nitrogens with zero attached hydrogens (tertiary/aromatic N) is 4. The topological polar surface area (TPSA) is 210 Å². The van der Waals surface area contributed by atoms with E-state index in [-0.39, 0.29) is 0 Å². The van der Waals surface area contributed by atoms with Crippen LogP contribution in [-0.2, 0) is 4.79 Å². The molecule has 1 aromatic carbocycles. The first kappa shape index (κ1) is 17.3. The molecule has 0 amide bonds. The summed E-state index contributed by atoms with van der Waals surface area (Å²) in [5, 5.41) is 55.5. The molecule has 1 rings (SSSR count). The molecule has 0 aliphatic rings. The summed E-state index contributed by atoms with van der Waals surface area (Å²) in [7, 11) is 0. The van der Waals surface area contributed by atoms with Crippen molar-refractivity contribution in [1.29, 1.82) is 0 Å². The van der Waals surface area contributed by atoms with Crippen molar-refractivity contribution >= 4 is 5.97 Å². The summed E-state index contributed by atoms with van der Waals surface area (Å²) in [4.78, 5) is 42.3. The molecule has 0 bridgehead atoms. The van der Waals surface area contributed by atoms with Gasteiger partial charge in [-0.05, 0) is 18.2 Å². The third-order valence-electron chi connectivity index (χ3n) is 2.70. The van der Waals surface area contributed by atoms with Crippen LogP contribution in [0.3, 0.4) is 0 Å². The molecule has 2 atom stereocenters. The summed E-state index contributed by atoms with van der Waals surface area (Å²) in [5.74, 6) is -3.76. The van der Waals surface area contributed by atoms with Crippen LogP contribution in [0.15, 0.2) is 18.2 Å². The van der Waals surface area contributed by atoms with E-state index in [2.05, 4.69) is 0 Å². The molecule has 23 heavy (non-hydrogen) atoms. The molecule has 0 spiro atoms. The molecule has 3 N–H and O–H groups in total. The second-order valence-electron chi connectivity index (χ2n) is 4.06. The fourth-order valence-electron chi connectivity index (χ4n) is 1.77. The molecule has 0 heterocycles. The highest BCUT2D eigenvalue weighted by atomic mass is 16.8. The van der Waals surface area contributed by atoms with E-state index >= 15 is 0 Å². The summed E-state index contributed by atoms with van der Waals surface area (Å²) >= 11 is 0. The molecule has 14 nitrogen and oxygen atoms in total. The van der Waals surface area contributed by atoms with Gasteiger partial charge in [-0.3, -0.25) is 10.1 Å². The zero-order valence-corrected chi connectivity index (χ0v) is 10.9. The maximum atomic E-state index is 11.2. The van der Waals surface area contributed by atoms with E-state index in [0.717, 1.165) is 12.1 Å². The van der Waals surface area contributed by atoms with Crippen molar-refractivity contribution in [3.8, 4) is 11.5 Å². The van der Waals surface area contributed by atoms with Gasteiger partial charge in [0.1, 0.15) is 0 Å². The summed E-state index contributed by atoms with van der Waals surface area (Å²) in [6, 6.07) is -3.12. The Morgan fingerprint density at radius 2 is 1.57 bits per heavy atom. The maximum Gasteiger partial charge on any atom is 0.347 e. The zero-order chi connectivity index (χ0) is 17.9. The number of carbonyl (C=O) groups is 1. The van der Waals surface area contributed by atoms with E-state index in [1.807, 2.05) is 0 Å². The minimum Gasteiger partial charge on any atom is -0.504 e. The lowest BCUT2D eigenvalue weighted by molar-refractivity contribution is -0.916. The summed E-state index contributed by atoms with van der Waals surface area (Å²) in [5.41, 5.74) is -0.591. The minimum absolute atomic E-state index is 0.580. The van der Waals surface area contributed by atoms with Gasteiger partial charge in [-0.15, -0.1) is 0 Å². The Morgan fingerprint density at radius 1 is 1.04 bits per heavy atom. The number of carboxylic acid groups (broad SMARTS) is 1. The molecule has 0 aromatic heterocycles. The van der Waals surface area contributed by atoms with Crippen LogP contribution in [0, 0.1) is 30.3 Å². The van der Waals surface area contributed by atoms with Gasteiger partial charge in [0.15, 0.2) is 16.6 Å². The van der Waals surface area contributed by atoms with Crippen molar-refractivity contribution in [2.45, 2.75) is 12.1 Å². The number of hydrogen-bond acceptors (Lipinski definition) is 9. The number of hydrogen-bond donors (Lipinski definition) is 3. The van der Waals surface area contributed by atoms with Crippen LogP contribution < -0.4 is 0 Å². The highest BCUT2D eigenvalue weighted by molar-refractivity contribution is 5.74. The molecule has 1 unspecified atom stereocenters. The van der Waals surface area contributed by atoms with E-state index in [1.165, 1.54) is 0 Å². The van der Waals surface area contributed by atoms with E-state index < -0.39 is 55.2 Å². The fraction of sp³-hybridized carbons (Fsp3) is 0.222. The molecule has 0 radical (unpaired) electrons. The number of nitro groups is 3. The molecule has 0 saturated heterocycles. The van der Waals surface area contributed by atoms with E-state index in [9.17, 15) is 40.2 Å². The fourth-order valence-corrected chi connectivity index (χ4v) is 1.77. The smallest absolute Gasteiger partial charge is 0.347 e. The van der Waals surface area contributed by atoms with E-state index in [1.54, 1.807) is 0 Å². The first-order chi connectivity index (χ1) is 10.6. The van der Waals surface area contributed by atoms with E-state index in [4.69, 9.17) is 10.2 Å². The number of aromatic hydroxyl groups is 2. The number of phenols is 2. The molecular formula is C9H8N4O10. The average molecular weight is 332 g/mol. The first-order valence-corrected chi connectivity index (χ1v) is 5.54. The molecule has 0 fully saturated rings. The Labute approximate surface area is 125 Å². The van der Waals surface area contributed by atoms with Crippen LogP contribution in [0.1, 0.15) is 11.6 Å². The lowest BCUT2D eigenvalue weighted by Crippen LogP contribution is -2.52. The minimum atomic E-state index is -2.81. The number of rotatable bonds is 7. The van der Waals surface area contributed by atoms with Crippen molar-refractivity contribution in [3.63, 3.8) is 0 Å². The Balaban J connectivity index is 3.51. The van der Waals surface area contributed by atoms with Gasteiger partial charge in [-0.1, -0.05) is 0 Å². The van der Waals surface area contributed by atoms with Crippen molar-refractivity contribution in [2.24, 2.45) is 0 Å². The van der Waals surface area contributed by atoms with Gasteiger partial charge in [0.05, 0.1) is 0 Å². The highest BCUT2D eigenvalue weighted by Crippen LogP contribution is 2.32. The molecule has 0 aliphatic carbocycles. The molecule has 14 heteroatoms. The van der Waals surface area contributed by atoms with Gasteiger partial charge in [-0.25, -0.2) is 25.0 Å². The van der Waals surface area contributed by atoms with Crippen LogP contribution in [-0.4, -0.2) is 47.4 Å². The standard InChI is InChI=1S/C9H8N4O10/c14-5-2-1-4(3-6(5)15)7(11(18)19)8(9(16)17)10(12(20)21)13(22)23/h1-3,7-8,14-15H,(H,16,17)/t7?,8-/m0/s1. The predicted octanol–water partition coefficient (Wildman–Crippen LogP) is -0.446. The number of hydrazine groups is 2. The Bertz CT molecular complexity index is 662. The van der Waals surface area contributed by atoms with E-state index in [0.29, 0.717) is 6.07 Å². The molecule has 0 saturated carbocycles. The maximum absolute atomic E-state index is 11.2. The lowest BCUT2D eigenvalue weighted by atomic mass is 9.99. The van der Waals surface area contributed by atoms with Crippen LogP contribution in [0.2, 0.25) is 0 Å². The number of aliphatic carboxylic acids is 1. The molecular weight excluding hydrogens is 324 g/mol. The molecule has 124 valence electrons. The van der Waals surface area contributed by atoms with Crippen molar-refractivity contribution < 1.29 is 35.1 Å². The number of phenolic OH excluding ortho intramolecular Hbond substituents is 2. The highest BCUT2D eigenvalue weighted by Gasteiger charge is 2.55. The van der Waals surface area contributed by atoms with Crippen LogP contribution in [0.4, 0.5) is 0 Å². The number of benzene rings is 1. The van der Waals surface area contributed by atoms with Gasteiger partial charge in [0.25, 0.3) is 6.04 Å². The van der Waals surface area contributed by atoms with Crippen molar-refractivity contribution in [2.75, 3.05) is 0 Å². The summed E-state index contributed by atoms with van der Waals surface area (Å²) in [6.45, 7) is 0. The largest absolute Gasteiger partial charge is 0.504 e. The van der Waals surface area contributed by atoms with Crippen LogP contribution in [0.25, 0.3) is 0 Å². The van der Waals surface area contributed by atoms with Gasteiger partial charge >= 0.3 is 12.0 Å². The van der Waals surface area contributed by atoms with Crippen LogP contribution in [0.5, 0.6) is 11.5 Å². The second kappa shape index (κ2) is 6.37. The third-order valence-corrected chi connectivity index (χ3v) is 2.70. The number of carboxylic acids is 1. The van der Waals surface area contributed by atoms with Crippen molar-refractivity contribution in [3.05, 3.63) is 54.1 Å². The Kier molecular flexibility index (Phi) is 4.81. The van der Waals surface area contributed by atoms with Gasteiger partial charge < -0.3 is 15.3 Å². The zero-order valence-electron chi connectivity index (χ0n) is 10.9. The monoisotopic (exact) mass is 332 g/mol. The lowest BCUT2D eigenvalue weighted by Gasteiger charge is -2.17. The summed E-state index contributed by atoms with van der Waals surface area (Å²) < 4.78 is 0. The molecule has 1 aromatic rings. The summed E-state index contributed by atoms with van der Waals surface area (Å²) in [6.07, 6.45) is 0. The quantitative estimate of drug-likeness (QED) is 0.330. The first-order valence-electron chi connectivity index (χ1n) is 5.54. The van der Waals surface area contributed by atoms with Gasteiger partial charge in [-0.2, -0.15) is 0 Å². The van der Waals surface area contributed by atoms with Gasteiger partial charge in [0.2, 0.25) is 10.1 Å². The van der Waals surface area contributed by atoms with Crippen LogP contribution >= 0.6 is 0 Å². The van der Waals surface area contributed by atoms with Crippen molar-refractivity contribution in [1.82, 2.24) is 5.12 Å².